The van der Waals surface area contributed by atoms with Crippen LogP contribution in [-0.2, 0) is 0 Å². The number of rotatable bonds is 6. The van der Waals surface area contributed by atoms with Gasteiger partial charge in [-0.05, 0) is 29.8 Å². The molecule has 0 bridgehead atoms. The Labute approximate surface area is 145 Å². The zero-order valence-corrected chi connectivity index (χ0v) is 14.1. The van der Waals surface area contributed by atoms with Gasteiger partial charge in [0.05, 0.1) is 19.3 Å². The Morgan fingerprint density at radius 3 is 2.62 bits per heavy atom. The van der Waals surface area contributed by atoms with Gasteiger partial charge in [0.1, 0.15) is 5.75 Å². The molecule has 3 aromatic rings. The number of methoxy groups -OCH3 is 1. The van der Waals surface area contributed by atoms with E-state index in [1.807, 2.05) is 60.0 Å². The molecule has 1 aromatic heterocycles. The van der Waals surface area contributed by atoms with Gasteiger partial charge in [-0.25, -0.2) is 4.98 Å². The lowest BCUT2D eigenvalue weighted by Gasteiger charge is -2.00. The highest BCUT2D eigenvalue weighted by Crippen LogP contribution is 2.28. The molecule has 0 N–H and O–H groups in total. The summed E-state index contributed by atoms with van der Waals surface area (Å²) >= 11 is 1.48. The van der Waals surface area contributed by atoms with Crippen molar-refractivity contribution in [3.05, 3.63) is 71.6 Å². The number of aromatic nitrogens is 1. The van der Waals surface area contributed by atoms with Gasteiger partial charge in [0.15, 0.2) is 0 Å². The molecular formula is C19H17N3OS. The molecule has 0 saturated heterocycles. The second kappa shape index (κ2) is 8.17. The van der Waals surface area contributed by atoms with E-state index in [0.717, 1.165) is 22.6 Å². The SMILES string of the molecule is COc1ccc(-c2csc(N=NCC=Cc3ccccc3)n2)cc1. The van der Waals surface area contributed by atoms with Gasteiger partial charge in [-0.1, -0.05) is 42.5 Å². The van der Waals surface area contributed by atoms with Crippen molar-refractivity contribution in [2.24, 2.45) is 10.2 Å². The van der Waals surface area contributed by atoms with Crippen LogP contribution < -0.4 is 4.74 Å². The Kier molecular flexibility index (Phi) is 5.48. The molecule has 0 unspecified atom stereocenters. The lowest BCUT2D eigenvalue weighted by molar-refractivity contribution is 0.415. The summed E-state index contributed by atoms with van der Waals surface area (Å²) in [7, 11) is 1.66. The molecule has 1 heterocycles. The summed E-state index contributed by atoms with van der Waals surface area (Å²) in [5, 5.41) is 11.0. The van der Waals surface area contributed by atoms with Crippen LogP contribution in [0.3, 0.4) is 0 Å². The smallest absolute Gasteiger partial charge is 0.230 e. The summed E-state index contributed by atoms with van der Waals surface area (Å²) in [5.41, 5.74) is 3.10. The van der Waals surface area contributed by atoms with Crippen molar-refractivity contribution in [3.8, 4) is 17.0 Å². The fourth-order valence-corrected chi connectivity index (χ4v) is 2.77. The van der Waals surface area contributed by atoms with Crippen LogP contribution in [0, 0.1) is 0 Å². The fraction of sp³-hybridized carbons (Fsp3) is 0.105. The van der Waals surface area contributed by atoms with E-state index in [1.165, 1.54) is 11.3 Å². The van der Waals surface area contributed by atoms with E-state index >= 15 is 0 Å². The monoisotopic (exact) mass is 335 g/mol. The number of hydrogen-bond acceptors (Lipinski definition) is 5. The Balaban J connectivity index is 1.58. The van der Waals surface area contributed by atoms with Gasteiger partial charge < -0.3 is 4.74 Å². The van der Waals surface area contributed by atoms with Gasteiger partial charge in [0.25, 0.3) is 0 Å². The standard InChI is InChI=1S/C19H17N3OS/c1-23-17-11-9-16(10-12-17)18-14-24-19(21-18)22-20-13-5-8-15-6-3-2-4-7-15/h2-12,14H,13H2,1H3. The van der Waals surface area contributed by atoms with Crippen LogP contribution in [0.5, 0.6) is 5.75 Å². The molecule has 0 spiro atoms. The molecule has 4 nitrogen and oxygen atoms in total. The molecule has 2 aromatic carbocycles. The minimum atomic E-state index is 0.534. The van der Waals surface area contributed by atoms with Gasteiger partial charge in [-0.2, -0.15) is 5.11 Å². The van der Waals surface area contributed by atoms with E-state index in [9.17, 15) is 0 Å². The third kappa shape index (κ3) is 4.36. The molecule has 0 saturated carbocycles. The van der Waals surface area contributed by atoms with E-state index < -0.39 is 0 Å². The third-order valence-electron chi connectivity index (χ3n) is 3.33. The maximum Gasteiger partial charge on any atom is 0.230 e. The molecule has 0 radical (unpaired) electrons. The lowest BCUT2D eigenvalue weighted by atomic mass is 10.2. The van der Waals surface area contributed by atoms with Gasteiger partial charge in [0.2, 0.25) is 5.13 Å². The van der Waals surface area contributed by atoms with Crippen molar-refractivity contribution < 1.29 is 4.74 Å². The number of azo groups is 1. The normalized spacial score (nSPS) is 11.4. The molecule has 5 heteroatoms. The van der Waals surface area contributed by atoms with Crippen LogP contribution in [0.25, 0.3) is 17.3 Å². The summed E-state index contributed by atoms with van der Waals surface area (Å²) in [4.78, 5) is 4.48. The van der Waals surface area contributed by atoms with E-state index in [2.05, 4.69) is 27.3 Å². The molecule has 0 aliphatic carbocycles. The first kappa shape index (κ1) is 16.1. The maximum absolute atomic E-state index is 5.16. The van der Waals surface area contributed by atoms with E-state index in [0.29, 0.717) is 11.7 Å². The average molecular weight is 335 g/mol. The zero-order chi connectivity index (χ0) is 16.6. The van der Waals surface area contributed by atoms with Gasteiger partial charge >= 0.3 is 0 Å². The van der Waals surface area contributed by atoms with Crippen molar-refractivity contribution in [3.63, 3.8) is 0 Å². The number of hydrogen-bond donors (Lipinski definition) is 0. The van der Waals surface area contributed by atoms with Gasteiger partial charge in [0, 0.05) is 10.9 Å². The quantitative estimate of drug-likeness (QED) is 0.549. The van der Waals surface area contributed by atoms with Crippen LogP contribution >= 0.6 is 11.3 Å². The second-order valence-corrected chi connectivity index (χ2v) is 5.82. The van der Waals surface area contributed by atoms with Crippen LogP contribution in [0.1, 0.15) is 5.56 Å². The molecule has 0 amide bonds. The van der Waals surface area contributed by atoms with Gasteiger partial charge in [-0.15, -0.1) is 16.5 Å². The molecule has 3 rings (SSSR count). The molecule has 120 valence electrons. The Morgan fingerprint density at radius 2 is 1.88 bits per heavy atom. The minimum absolute atomic E-state index is 0.534. The van der Waals surface area contributed by atoms with E-state index in [4.69, 9.17) is 4.74 Å². The van der Waals surface area contributed by atoms with Gasteiger partial charge in [-0.3, -0.25) is 0 Å². The summed E-state index contributed by atoms with van der Waals surface area (Å²) in [6.07, 6.45) is 4.01. The van der Waals surface area contributed by atoms with Crippen molar-refractivity contribution in [2.45, 2.75) is 0 Å². The van der Waals surface area contributed by atoms with Crippen LogP contribution in [-0.4, -0.2) is 18.6 Å². The van der Waals surface area contributed by atoms with Crippen molar-refractivity contribution >= 4 is 22.5 Å². The lowest BCUT2D eigenvalue weighted by Crippen LogP contribution is -1.82. The number of thiazole rings is 1. The Hall–Kier alpha value is -2.79. The first-order chi connectivity index (χ1) is 11.8. The van der Waals surface area contributed by atoms with Crippen LogP contribution in [0.15, 0.2) is 76.3 Å². The first-order valence-electron chi connectivity index (χ1n) is 7.54. The topological polar surface area (TPSA) is 46.8 Å². The predicted octanol–water partition coefficient (Wildman–Crippen LogP) is 5.62. The first-order valence-corrected chi connectivity index (χ1v) is 8.42. The third-order valence-corrected chi connectivity index (χ3v) is 4.06. The average Bonchev–Trinajstić information content (AvgIpc) is 3.11. The molecule has 0 aliphatic rings. The van der Waals surface area contributed by atoms with Crippen LogP contribution in [0.4, 0.5) is 5.13 Å². The molecule has 24 heavy (non-hydrogen) atoms. The number of ether oxygens (including phenoxy) is 1. The zero-order valence-electron chi connectivity index (χ0n) is 13.3. The molecule has 0 aliphatic heterocycles. The van der Waals surface area contributed by atoms with Crippen molar-refractivity contribution in [1.82, 2.24) is 4.98 Å². The minimum Gasteiger partial charge on any atom is -0.497 e. The van der Waals surface area contributed by atoms with Crippen molar-refractivity contribution in [2.75, 3.05) is 13.7 Å². The summed E-state index contributed by atoms with van der Waals surface area (Å²) in [6, 6.07) is 17.9. The largest absolute Gasteiger partial charge is 0.497 e. The second-order valence-electron chi connectivity index (χ2n) is 4.98. The maximum atomic E-state index is 5.16. The summed E-state index contributed by atoms with van der Waals surface area (Å²) in [5.74, 6) is 0.832. The highest BCUT2D eigenvalue weighted by molar-refractivity contribution is 7.13. The van der Waals surface area contributed by atoms with Crippen molar-refractivity contribution in [1.29, 1.82) is 0 Å². The highest BCUT2D eigenvalue weighted by Gasteiger charge is 2.04. The molecular weight excluding hydrogens is 318 g/mol. The highest BCUT2D eigenvalue weighted by atomic mass is 32.1. The predicted molar refractivity (Wildman–Crippen MR) is 99.0 cm³/mol. The van der Waals surface area contributed by atoms with E-state index in [1.54, 1.807) is 7.11 Å². The Morgan fingerprint density at radius 1 is 1.08 bits per heavy atom. The number of benzene rings is 2. The summed E-state index contributed by atoms with van der Waals surface area (Å²) < 4.78 is 5.16. The number of nitrogens with zero attached hydrogens (tertiary/aromatic N) is 3. The molecule has 0 fully saturated rings. The van der Waals surface area contributed by atoms with E-state index in [-0.39, 0.29) is 0 Å². The van der Waals surface area contributed by atoms with Crippen LogP contribution in [0.2, 0.25) is 0 Å². The fourth-order valence-electron chi connectivity index (χ4n) is 2.11. The summed E-state index contributed by atoms with van der Waals surface area (Å²) in [6.45, 7) is 0.534. The molecule has 0 atom stereocenters. The Bertz CT molecular complexity index is 823.